The third-order valence-electron chi connectivity index (χ3n) is 2.70. The van der Waals surface area contributed by atoms with Crippen LogP contribution in [0.25, 0.3) is 0 Å². The van der Waals surface area contributed by atoms with Gasteiger partial charge in [0, 0.05) is 26.4 Å². The molecule has 0 radical (unpaired) electrons. The quantitative estimate of drug-likeness (QED) is 0.744. The van der Waals surface area contributed by atoms with Crippen molar-refractivity contribution in [3.63, 3.8) is 0 Å². The van der Waals surface area contributed by atoms with Crippen molar-refractivity contribution in [3.05, 3.63) is 61.9 Å². The van der Waals surface area contributed by atoms with Crippen LogP contribution in [0.4, 0.5) is 10.1 Å². The normalized spacial score (nSPS) is 10.4. The van der Waals surface area contributed by atoms with Crippen molar-refractivity contribution >= 4 is 39.9 Å². The third kappa shape index (κ3) is 3.14. The number of hydrogen-bond donors (Lipinski definition) is 1. The Labute approximate surface area is 124 Å². The van der Waals surface area contributed by atoms with Crippen LogP contribution >= 0.6 is 34.2 Å². The second-order valence-electron chi connectivity index (χ2n) is 4.02. The molecule has 0 fully saturated rings. The molecule has 0 saturated heterocycles. The zero-order chi connectivity index (χ0) is 13.1. The number of aryl methyl sites for hydroxylation is 1. The van der Waals surface area contributed by atoms with Gasteiger partial charge in [-0.3, -0.25) is 0 Å². The van der Waals surface area contributed by atoms with E-state index < -0.39 is 0 Å². The fraction of sp³-hybridized carbons (Fsp3) is 0.143. The van der Waals surface area contributed by atoms with E-state index in [0.29, 0.717) is 17.1 Å². The van der Waals surface area contributed by atoms with Crippen molar-refractivity contribution in [3.8, 4) is 0 Å². The summed E-state index contributed by atoms with van der Waals surface area (Å²) in [6, 6.07) is 10.8. The first kappa shape index (κ1) is 13.6. The van der Waals surface area contributed by atoms with Gasteiger partial charge in [0.15, 0.2) is 0 Å². The molecule has 0 saturated carbocycles. The largest absolute Gasteiger partial charge is 0.381 e. The maximum Gasteiger partial charge on any atom is 0.129 e. The molecule has 1 N–H and O–H groups in total. The molecule has 0 aromatic heterocycles. The van der Waals surface area contributed by atoms with Crippen LogP contribution in [0.2, 0.25) is 5.02 Å². The van der Waals surface area contributed by atoms with E-state index in [1.54, 1.807) is 12.1 Å². The summed E-state index contributed by atoms with van der Waals surface area (Å²) in [7, 11) is 0. The lowest BCUT2D eigenvalue weighted by Crippen LogP contribution is -2.03. The minimum atomic E-state index is -0.281. The van der Waals surface area contributed by atoms with E-state index in [-0.39, 0.29) is 5.82 Å². The Bertz CT molecular complexity index is 551. The highest BCUT2D eigenvalue weighted by Gasteiger charge is 2.06. The molecule has 0 unspecified atom stereocenters. The standard InChI is InChI=1S/C14H12ClFIN/c1-9-5-6-10(7-14(9)17)18-8-11-12(15)3-2-4-13(11)16/h2-7,18H,8H2,1H3. The predicted molar refractivity (Wildman–Crippen MR) is 82.6 cm³/mol. The van der Waals surface area contributed by atoms with Crippen LogP contribution in [0.15, 0.2) is 36.4 Å². The highest BCUT2D eigenvalue weighted by atomic mass is 127. The second kappa shape index (κ2) is 5.89. The summed E-state index contributed by atoms with van der Waals surface area (Å²) in [4.78, 5) is 0. The molecule has 0 amide bonds. The van der Waals surface area contributed by atoms with Gasteiger partial charge in [0.05, 0.1) is 0 Å². The van der Waals surface area contributed by atoms with Gasteiger partial charge in [0.1, 0.15) is 5.82 Å². The number of nitrogens with one attached hydrogen (secondary N) is 1. The molecule has 0 aliphatic carbocycles. The van der Waals surface area contributed by atoms with E-state index in [0.717, 1.165) is 5.69 Å². The zero-order valence-corrected chi connectivity index (χ0v) is 12.7. The van der Waals surface area contributed by atoms with Crippen molar-refractivity contribution in [1.29, 1.82) is 0 Å². The summed E-state index contributed by atoms with van der Waals surface area (Å²) in [6.45, 7) is 2.43. The molecule has 0 bridgehead atoms. The summed E-state index contributed by atoms with van der Waals surface area (Å²) in [5.41, 5.74) is 2.68. The molecule has 0 aliphatic rings. The summed E-state index contributed by atoms with van der Waals surface area (Å²) >= 11 is 8.25. The Morgan fingerprint density at radius 2 is 2.06 bits per heavy atom. The minimum Gasteiger partial charge on any atom is -0.381 e. The molecule has 0 atom stereocenters. The summed E-state index contributed by atoms with van der Waals surface area (Å²) in [6.07, 6.45) is 0. The molecular formula is C14H12ClFIN. The summed E-state index contributed by atoms with van der Waals surface area (Å²) < 4.78 is 14.7. The lowest BCUT2D eigenvalue weighted by molar-refractivity contribution is 0.613. The topological polar surface area (TPSA) is 12.0 Å². The number of benzene rings is 2. The Balaban J connectivity index is 2.14. The maximum atomic E-state index is 13.6. The number of halogens is 3. The molecule has 18 heavy (non-hydrogen) atoms. The van der Waals surface area contributed by atoms with Crippen LogP contribution in [0.1, 0.15) is 11.1 Å². The molecule has 4 heteroatoms. The number of hydrogen-bond acceptors (Lipinski definition) is 1. The molecule has 0 heterocycles. The Hall–Kier alpha value is -0.810. The Kier molecular flexibility index (Phi) is 4.45. The Morgan fingerprint density at radius 1 is 1.28 bits per heavy atom. The van der Waals surface area contributed by atoms with Crippen LogP contribution in [-0.4, -0.2) is 0 Å². The van der Waals surface area contributed by atoms with Crippen molar-refractivity contribution in [2.75, 3.05) is 5.32 Å². The molecule has 2 aromatic rings. The third-order valence-corrected chi connectivity index (χ3v) is 4.22. The number of rotatable bonds is 3. The minimum absolute atomic E-state index is 0.281. The van der Waals surface area contributed by atoms with Crippen molar-refractivity contribution in [2.24, 2.45) is 0 Å². The lowest BCUT2D eigenvalue weighted by atomic mass is 10.2. The predicted octanol–water partition coefficient (Wildman–Crippen LogP) is 5.00. The van der Waals surface area contributed by atoms with Crippen LogP contribution in [-0.2, 0) is 6.54 Å². The van der Waals surface area contributed by atoms with Gasteiger partial charge in [0.25, 0.3) is 0 Å². The fourth-order valence-corrected chi connectivity index (χ4v) is 2.34. The Morgan fingerprint density at radius 3 is 2.72 bits per heavy atom. The molecule has 94 valence electrons. The SMILES string of the molecule is Cc1ccc(NCc2c(F)cccc2Cl)cc1I. The fourth-order valence-electron chi connectivity index (χ4n) is 1.59. The van der Waals surface area contributed by atoms with Gasteiger partial charge in [-0.15, -0.1) is 0 Å². The molecule has 2 rings (SSSR count). The molecule has 1 nitrogen and oxygen atoms in total. The van der Waals surface area contributed by atoms with Gasteiger partial charge in [-0.1, -0.05) is 23.7 Å². The van der Waals surface area contributed by atoms with Crippen LogP contribution in [0.5, 0.6) is 0 Å². The van der Waals surface area contributed by atoms with Gasteiger partial charge >= 0.3 is 0 Å². The van der Waals surface area contributed by atoms with E-state index in [2.05, 4.69) is 34.8 Å². The highest BCUT2D eigenvalue weighted by Crippen LogP contribution is 2.22. The first-order valence-electron chi connectivity index (χ1n) is 5.51. The van der Waals surface area contributed by atoms with Crippen molar-refractivity contribution in [1.82, 2.24) is 0 Å². The highest BCUT2D eigenvalue weighted by molar-refractivity contribution is 14.1. The van der Waals surface area contributed by atoms with E-state index in [9.17, 15) is 4.39 Å². The smallest absolute Gasteiger partial charge is 0.129 e. The maximum absolute atomic E-state index is 13.6. The van der Waals surface area contributed by atoms with E-state index in [1.165, 1.54) is 15.2 Å². The molecule has 0 aliphatic heterocycles. The van der Waals surface area contributed by atoms with Crippen LogP contribution in [0.3, 0.4) is 0 Å². The van der Waals surface area contributed by atoms with Gasteiger partial charge in [0.2, 0.25) is 0 Å². The van der Waals surface area contributed by atoms with Crippen LogP contribution in [0, 0.1) is 16.3 Å². The number of anilines is 1. The average Bonchev–Trinajstić information content (AvgIpc) is 2.33. The zero-order valence-electron chi connectivity index (χ0n) is 9.81. The van der Waals surface area contributed by atoms with Crippen LogP contribution < -0.4 is 5.32 Å². The van der Waals surface area contributed by atoms with E-state index in [1.807, 2.05) is 18.2 Å². The average molecular weight is 376 g/mol. The first-order valence-corrected chi connectivity index (χ1v) is 6.96. The van der Waals surface area contributed by atoms with E-state index in [4.69, 9.17) is 11.6 Å². The summed E-state index contributed by atoms with van der Waals surface area (Å²) in [5, 5.41) is 3.63. The molecular weight excluding hydrogens is 364 g/mol. The van der Waals surface area contributed by atoms with Gasteiger partial charge < -0.3 is 5.32 Å². The lowest BCUT2D eigenvalue weighted by Gasteiger charge is -2.10. The van der Waals surface area contributed by atoms with Gasteiger partial charge in [-0.2, -0.15) is 0 Å². The monoisotopic (exact) mass is 375 g/mol. The molecule has 2 aromatic carbocycles. The second-order valence-corrected chi connectivity index (χ2v) is 5.59. The summed E-state index contributed by atoms with van der Waals surface area (Å²) in [5.74, 6) is -0.281. The van der Waals surface area contributed by atoms with Gasteiger partial charge in [-0.25, -0.2) is 4.39 Å². The van der Waals surface area contributed by atoms with Crippen molar-refractivity contribution < 1.29 is 4.39 Å². The first-order chi connectivity index (χ1) is 8.58. The molecule has 0 spiro atoms. The van der Waals surface area contributed by atoms with Gasteiger partial charge in [-0.05, 0) is 59.3 Å². The van der Waals surface area contributed by atoms with E-state index >= 15 is 0 Å². The van der Waals surface area contributed by atoms with Crippen molar-refractivity contribution in [2.45, 2.75) is 13.5 Å².